The van der Waals surface area contributed by atoms with Gasteiger partial charge in [-0.1, -0.05) is 31.0 Å². The lowest BCUT2D eigenvalue weighted by atomic mass is 10.0. The molecule has 0 saturated heterocycles. The number of nitro groups is 1. The summed E-state index contributed by atoms with van der Waals surface area (Å²) < 4.78 is 0. The number of benzene rings is 1. The van der Waals surface area contributed by atoms with Crippen LogP contribution in [0.15, 0.2) is 18.2 Å². The van der Waals surface area contributed by atoms with Gasteiger partial charge < -0.3 is 5.32 Å². The third-order valence-corrected chi connectivity index (χ3v) is 4.09. The molecule has 1 aromatic carbocycles. The van der Waals surface area contributed by atoms with Gasteiger partial charge >= 0.3 is 0 Å². The molecule has 1 fully saturated rings. The largest absolute Gasteiger partial charge is 0.312 e. The van der Waals surface area contributed by atoms with E-state index in [1.807, 2.05) is 6.07 Å². The lowest BCUT2D eigenvalue weighted by Gasteiger charge is -2.14. The van der Waals surface area contributed by atoms with Crippen LogP contribution in [0.5, 0.6) is 0 Å². The molecule has 0 aromatic heterocycles. The summed E-state index contributed by atoms with van der Waals surface area (Å²) in [5, 5.41) is 14.4. The molecular weight excluding hydrogens is 264 g/mol. The standard InChI is InChI=1S/C14H19ClN2O2/c1-2-5-14(6-7-14)10-16-9-11-3-4-12(15)13(8-11)17(18)19/h3-4,8,16H,2,5-7,9-10H2,1H3. The highest BCUT2D eigenvalue weighted by Crippen LogP contribution is 2.48. The maximum absolute atomic E-state index is 10.8. The van der Waals surface area contributed by atoms with E-state index in [0.717, 1.165) is 12.1 Å². The Balaban J connectivity index is 1.90. The van der Waals surface area contributed by atoms with E-state index < -0.39 is 4.92 Å². The average Bonchev–Trinajstić information content (AvgIpc) is 3.11. The maximum atomic E-state index is 10.8. The van der Waals surface area contributed by atoms with E-state index in [4.69, 9.17) is 11.6 Å². The summed E-state index contributed by atoms with van der Waals surface area (Å²) in [6.45, 7) is 3.86. The van der Waals surface area contributed by atoms with Gasteiger partial charge in [0.1, 0.15) is 5.02 Å². The van der Waals surface area contributed by atoms with Crippen LogP contribution >= 0.6 is 11.6 Å². The Kier molecular flexibility index (Phi) is 4.42. The number of nitrogens with one attached hydrogen (secondary N) is 1. The lowest BCUT2D eigenvalue weighted by molar-refractivity contribution is -0.384. The second-order valence-corrected chi connectivity index (χ2v) is 5.80. The molecule has 0 radical (unpaired) electrons. The second-order valence-electron chi connectivity index (χ2n) is 5.40. The fourth-order valence-corrected chi connectivity index (χ4v) is 2.69. The number of nitro benzene ring substituents is 1. The van der Waals surface area contributed by atoms with Gasteiger partial charge in [-0.05, 0) is 36.3 Å². The van der Waals surface area contributed by atoms with E-state index in [1.54, 1.807) is 12.1 Å². The van der Waals surface area contributed by atoms with Crippen molar-refractivity contribution in [2.24, 2.45) is 5.41 Å². The van der Waals surface area contributed by atoms with Gasteiger partial charge in [0.2, 0.25) is 0 Å². The molecule has 0 bridgehead atoms. The molecular formula is C14H19ClN2O2. The third-order valence-electron chi connectivity index (χ3n) is 3.77. The number of hydrogen-bond donors (Lipinski definition) is 1. The van der Waals surface area contributed by atoms with Crippen LogP contribution in [-0.2, 0) is 6.54 Å². The van der Waals surface area contributed by atoms with Crippen molar-refractivity contribution in [3.63, 3.8) is 0 Å². The predicted molar refractivity (Wildman–Crippen MR) is 76.4 cm³/mol. The molecule has 1 N–H and O–H groups in total. The smallest absolute Gasteiger partial charge is 0.288 e. The van der Waals surface area contributed by atoms with Gasteiger partial charge in [0, 0.05) is 19.2 Å². The van der Waals surface area contributed by atoms with Crippen molar-refractivity contribution in [1.29, 1.82) is 0 Å². The Bertz CT molecular complexity index is 473. The fourth-order valence-electron chi connectivity index (χ4n) is 2.50. The third kappa shape index (κ3) is 3.67. The molecule has 0 aliphatic heterocycles. The molecule has 0 amide bonds. The molecule has 2 rings (SSSR count). The number of hydrogen-bond acceptors (Lipinski definition) is 3. The highest BCUT2D eigenvalue weighted by molar-refractivity contribution is 6.32. The van der Waals surface area contributed by atoms with Crippen LogP contribution in [0.25, 0.3) is 0 Å². The van der Waals surface area contributed by atoms with Crippen LogP contribution in [0.4, 0.5) is 5.69 Å². The van der Waals surface area contributed by atoms with Gasteiger partial charge in [-0.2, -0.15) is 0 Å². The van der Waals surface area contributed by atoms with Crippen molar-refractivity contribution in [1.82, 2.24) is 5.32 Å². The van der Waals surface area contributed by atoms with Crippen molar-refractivity contribution < 1.29 is 4.92 Å². The van der Waals surface area contributed by atoms with Crippen molar-refractivity contribution in [2.75, 3.05) is 6.54 Å². The molecule has 0 spiro atoms. The normalized spacial score (nSPS) is 16.3. The van der Waals surface area contributed by atoms with E-state index in [9.17, 15) is 10.1 Å². The van der Waals surface area contributed by atoms with Gasteiger partial charge in [-0.15, -0.1) is 0 Å². The van der Waals surface area contributed by atoms with Crippen molar-refractivity contribution in [3.05, 3.63) is 38.9 Å². The molecule has 5 heteroatoms. The number of rotatable bonds is 7. The molecule has 1 aliphatic carbocycles. The SMILES string of the molecule is CCCC1(CNCc2ccc(Cl)c([N+](=O)[O-])c2)CC1. The molecule has 0 heterocycles. The zero-order chi connectivity index (χ0) is 13.9. The van der Waals surface area contributed by atoms with Crippen molar-refractivity contribution >= 4 is 17.3 Å². The first-order valence-corrected chi connectivity index (χ1v) is 7.08. The topological polar surface area (TPSA) is 55.2 Å². The molecule has 1 aliphatic rings. The first kappa shape index (κ1) is 14.3. The Hall–Kier alpha value is -1.13. The van der Waals surface area contributed by atoms with Crippen LogP contribution in [0, 0.1) is 15.5 Å². The molecule has 0 unspecified atom stereocenters. The Morgan fingerprint density at radius 3 is 2.79 bits per heavy atom. The van der Waals surface area contributed by atoms with Crippen LogP contribution in [-0.4, -0.2) is 11.5 Å². The van der Waals surface area contributed by atoms with Gasteiger partial charge in [-0.3, -0.25) is 10.1 Å². The monoisotopic (exact) mass is 282 g/mol. The minimum atomic E-state index is -0.439. The van der Waals surface area contributed by atoms with E-state index in [-0.39, 0.29) is 10.7 Å². The van der Waals surface area contributed by atoms with E-state index in [2.05, 4.69) is 12.2 Å². The van der Waals surface area contributed by atoms with Crippen molar-refractivity contribution in [2.45, 2.75) is 39.2 Å². The van der Waals surface area contributed by atoms with E-state index >= 15 is 0 Å². The summed E-state index contributed by atoms with van der Waals surface area (Å²) >= 11 is 5.79. The molecule has 1 aromatic rings. The van der Waals surface area contributed by atoms with Gasteiger partial charge in [0.15, 0.2) is 0 Å². The quantitative estimate of drug-likeness (QED) is 0.609. The zero-order valence-corrected chi connectivity index (χ0v) is 11.9. The highest BCUT2D eigenvalue weighted by Gasteiger charge is 2.40. The first-order valence-electron chi connectivity index (χ1n) is 6.70. The summed E-state index contributed by atoms with van der Waals surface area (Å²) in [4.78, 5) is 10.4. The maximum Gasteiger partial charge on any atom is 0.288 e. The number of nitrogens with zero attached hydrogens (tertiary/aromatic N) is 1. The minimum absolute atomic E-state index is 0.0179. The van der Waals surface area contributed by atoms with Gasteiger partial charge in [0.05, 0.1) is 4.92 Å². The van der Waals surface area contributed by atoms with E-state index in [0.29, 0.717) is 12.0 Å². The summed E-state index contributed by atoms with van der Waals surface area (Å²) in [7, 11) is 0. The Morgan fingerprint density at radius 2 is 2.21 bits per heavy atom. The lowest BCUT2D eigenvalue weighted by Crippen LogP contribution is -2.23. The first-order chi connectivity index (χ1) is 9.06. The minimum Gasteiger partial charge on any atom is -0.312 e. The fraction of sp³-hybridized carbons (Fsp3) is 0.571. The molecule has 19 heavy (non-hydrogen) atoms. The summed E-state index contributed by atoms with van der Waals surface area (Å²) in [6, 6.07) is 4.98. The average molecular weight is 283 g/mol. The molecule has 0 atom stereocenters. The van der Waals surface area contributed by atoms with Crippen LogP contribution in [0.2, 0.25) is 5.02 Å². The van der Waals surface area contributed by atoms with E-state index in [1.165, 1.54) is 25.7 Å². The van der Waals surface area contributed by atoms with Crippen LogP contribution < -0.4 is 5.32 Å². The zero-order valence-electron chi connectivity index (χ0n) is 11.1. The van der Waals surface area contributed by atoms with Gasteiger partial charge in [0.25, 0.3) is 5.69 Å². The predicted octanol–water partition coefficient (Wildman–Crippen LogP) is 3.92. The Morgan fingerprint density at radius 1 is 1.47 bits per heavy atom. The summed E-state index contributed by atoms with van der Waals surface area (Å²) in [6.07, 6.45) is 5.08. The Labute approximate surface area is 118 Å². The number of halogens is 1. The molecule has 4 nitrogen and oxygen atoms in total. The van der Waals surface area contributed by atoms with Crippen molar-refractivity contribution in [3.8, 4) is 0 Å². The summed E-state index contributed by atoms with van der Waals surface area (Å²) in [5.41, 5.74) is 1.38. The second kappa shape index (κ2) is 5.88. The van der Waals surface area contributed by atoms with Crippen LogP contribution in [0.3, 0.4) is 0 Å². The van der Waals surface area contributed by atoms with Gasteiger partial charge in [-0.25, -0.2) is 0 Å². The summed E-state index contributed by atoms with van der Waals surface area (Å²) in [5.74, 6) is 0. The van der Waals surface area contributed by atoms with Crippen LogP contribution in [0.1, 0.15) is 38.2 Å². The molecule has 1 saturated carbocycles. The highest BCUT2D eigenvalue weighted by atomic mass is 35.5. The molecule has 104 valence electrons.